The van der Waals surface area contributed by atoms with Crippen molar-refractivity contribution in [3.8, 4) is 11.4 Å². The molecule has 2 aromatic carbocycles. The Kier molecular flexibility index (Phi) is 5.71. The molecule has 1 aromatic heterocycles. The topological polar surface area (TPSA) is 102 Å². The largest absolute Gasteiger partial charge is 0.337 e. The van der Waals surface area contributed by atoms with Crippen LogP contribution >= 0.6 is 15.9 Å². The van der Waals surface area contributed by atoms with Crippen LogP contribution in [0.5, 0.6) is 0 Å². The highest BCUT2D eigenvalue weighted by Crippen LogP contribution is 2.32. The molecule has 0 spiro atoms. The van der Waals surface area contributed by atoms with Gasteiger partial charge in [0, 0.05) is 34.8 Å². The number of rotatable bonds is 5. The van der Waals surface area contributed by atoms with Gasteiger partial charge < -0.3 is 9.42 Å². The number of carbonyl (C=O) groups excluding carboxylic acids is 1. The van der Waals surface area contributed by atoms with Crippen molar-refractivity contribution in [3.63, 3.8) is 0 Å². The summed E-state index contributed by atoms with van der Waals surface area (Å²) >= 11 is 3.40. The van der Waals surface area contributed by atoms with Crippen LogP contribution in [0, 0.1) is 10.1 Å². The summed E-state index contributed by atoms with van der Waals surface area (Å²) in [4.78, 5) is 29.2. The van der Waals surface area contributed by atoms with Gasteiger partial charge in [-0.15, -0.1) is 0 Å². The number of benzene rings is 2. The molecule has 8 nitrogen and oxygen atoms in total. The van der Waals surface area contributed by atoms with Gasteiger partial charge in [-0.25, -0.2) is 0 Å². The molecule has 1 fully saturated rings. The van der Waals surface area contributed by atoms with Gasteiger partial charge in [-0.1, -0.05) is 21.1 Å². The Morgan fingerprint density at radius 3 is 2.63 bits per heavy atom. The van der Waals surface area contributed by atoms with Gasteiger partial charge in [-0.05, 0) is 60.9 Å². The number of amides is 1. The van der Waals surface area contributed by atoms with E-state index in [1.165, 1.54) is 18.2 Å². The first-order chi connectivity index (χ1) is 14.5. The highest BCUT2D eigenvalue weighted by molar-refractivity contribution is 9.10. The maximum Gasteiger partial charge on any atom is 0.269 e. The van der Waals surface area contributed by atoms with E-state index < -0.39 is 4.92 Å². The van der Waals surface area contributed by atoms with Crippen LogP contribution in [0.1, 0.15) is 30.3 Å². The molecule has 1 amide bonds. The molecular formula is C21H17BrN4O4. The summed E-state index contributed by atoms with van der Waals surface area (Å²) in [5.74, 6) is 0.736. The Labute approximate surface area is 180 Å². The average Bonchev–Trinajstić information content (AvgIpc) is 3.42. The minimum absolute atomic E-state index is 0.0102. The van der Waals surface area contributed by atoms with E-state index in [2.05, 4.69) is 26.1 Å². The molecule has 0 N–H and O–H groups in total. The average molecular weight is 469 g/mol. The van der Waals surface area contributed by atoms with Crippen LogP contribution < -0.4 is 0 Å². The van der Waals surface area contributed by atoms with Crippen LogP contribution in [0.15, 0.2) is 63.6 Å². The van der Waals surface area contributed by atoms with Crippen LogP contribution in [-0.2, 0) is 4.79 Å². The van der Waals surface area contributed by atoms with Crippen LogP contribution in [0.4, 0.5) is 5.69 Å². The van der Waals surface area contributed by atoms with E-state index in [0.29, 0.717) is 23.8 Å². The molecule has 9 heteroatoms. The van der Waals surface area contributed by atoms with Crippen molar-refractivity contribution in [1.29, 1.82) is 0 Å². The first-order valence-electron chi connectivity index (χ1n) is 9.34. The molecule has 0 saturated carbocycles. The quantitative estimate of drug-likeness (QED) is 0.303. The lowest BCUT2D eigenvalue weighted by molar-refractivity contribution is -0.384. The fourth-order valence-electron chi connectivity index (χ4n) is 3.34. The Morgan fingerprint density at radius 1 is 1.20 bits per heavy atom. The summed E-state index contributed by atoms with van der Waals surface area (Å²) in [6.07, 6.45) is 4.70. The zero-order valence-electron chi connectivity index (χ0n) is 15.8. The lowest BCUT2D eigenvalue weighted by atomic mass is 10.2. The zero-order chi connectivity index (χ0) is 21.1. The third kappa shape index (κ3) is 4.30. The van der Waals surface area contributed by atoms with Crippen molar-refractivity contribution in [1.82, 2.24) is 15.0 Å². The van der Waals surface area contributed by atoms with E-state index in [9.17, 15) is 14.9 Å². The van der Waals surface area contributed by atoms with Gasteiger partial charge in [0.25, 0.3) is 5.69 Å². The first kappa shape index (κ1) is 20.0. The molecule has 0 bridgehead atoms. The molecule has 0 radical (unpaired) electrons. The molecule has 4 rings (SSSR count). The fourth-order valence-corrected chi connectivity index (χ4v) is 3.61. The van der Waals surface area contributed by atoms with Gasteiger partial charge in [0.1, 0.15) is 6.04 Å². The normalized spacial score (nSPS) is 16.3. The van der Waals surface area contributed by atoms with Gasteiger partial charge in [0.2, 0.25) is 17.6 Å². The second kappa shape index (κ2) is 8.58. The van der Waals surface area contributed by atoms with E-state index in [1.807, 2.05) is 24.3 Å². The second-order valence-corrected chi connectivity index (χ2v) is 7.75. The number of likely N-dealkylation sites (tertiary alicyclic amines) is 1. The molecule has 1 saturated heterocycles. The van der Waals surface area contributed by atoms with E-state index >= 15 is 0 Å². The summed E-state index contributed by atoms with van der Waals surface area (Å²) in [7, 11) is 0. The lowest BCUT2D eigenvalue weighted by Crippen LogP contribution is -2.29. The number of nitro benzene ring substituents is 1. The van der Waals surface area contributed by atoms with E-state index in [-0.39, 0.29) is 17.6 Å². The SMILES string of the molecule is O=C(/C=C/c1ccc([N+](=O)[O-])cc1)N1CCCC1c1nc(-c2ccc(Br)cc2)no1. The zero-order valence-corrected chi connectivity index (χ0v) is 17.4. The number of nitro groups is 1. The van der Waals surface area contributed by atoms with Crippen molar-refractivity contribution in [2.75, 3.05) is 6.54 Å². The summed E-state index contributed by atoms with van der Waals surface area (Å²) in [6, 6.07) is 13.3. The van der Waals surface area contributed by atoms with Gasteiger partial charge in [0.15, 0.2) is 0 Å². The predicted molar refractivity (Wildman–Crippen MR) is 113 cm³/mol. The third-order valence-electron chi connectivity index (χ3n) is 4.89. The Balaban J connectivity index is 1.47. The monoisotopic (exact) mass is 468 g/mol. The molecule has 1 atom stereocenters. The summed E-state index contributed by atoms with van der Waals surface area (Å²) in [5, 5.41) is 14.8. The maximum atomic E-state index is 12.7. The van der Waals surface area contributed by atoms with Gasteiger partial charge in [-0.2, -0.15) is 4.98 Å². The van der Waals surface area contributed by atoms with Crippen LogP contribution in [0.3, 0.4) is 0 Å². The molecule has 0 aliphatic carbocycles. The van der Waals surface area contributed by atoms with Gasteiger partial charge >= 0.3 is 0 Å². The summed E-state index contributed by atoms with van der Waals surface area (Å²) in [5.41, 5.74) is 1.55. The third-order valence-corrected chi connectivity index (χ3v) is 5.42. The highest BCUT2D eigenvalue weighted by Gasteiger charge is 2.33. The second-order valence-electron chi connectivity index (χ2n) is 6.83. The van der Waals surface area contributed by atoms with E-state index in [0.717, 1.165) is 22.9 Å². The van der Waals surface area contributed by atoms with Crippen molar-refractivity contribution >= 4 is 33.6 Å². The Bertz CT molecular complexity index is 1090. The number of halogens is 1. The fraction of sp³-hybridized carbons (Fsp3) is 0.190. The van der Waals surface area contributed by atoms with Gasteiger partial charge in [-0.3, -0.25) is 14.9 Å². The molecular weight excluding hydrogens is 452 g/mol. The number of hydrogen-bond acceptors (Lipinski definition) is 6. The molecule has 3 aromatic rings. The van der Waals surface area contributed by atoms with E-state index in [4.69, 9.17) is 4.52 Å². The van der Waals surface area contributed by atoms with Crippen LogP contribution in [-0.4, -0.2) is 32.4 Å². The van der Waals surface area contributed by atoms with Crippen molar-refractivity contribution < 1.29 is 14.2 Å². The number of hydrogen-bond donors (Lipinski definition) is 0. The molecule has 1 aliphatic rings. The number of aromatic nitrogens is 2. The van der Waals surface area contributed by atoms with Gasteiger partial charge in [0.05, 0.1) is 4.92 Å². The van der Waals surface area contributed by atoms with E-state index in [1.54, 1.807) is 23.1 Å². The Morgan fingerprint density at radius 2 is 1.93 bits per heavy atom. The number of nitrogens with zero attached hydrogens (tertiary/aromatic N) is 4. The van der Waals surface area contributed by atoms with Crippen LogP contribution in [0.2, 0.25) is 0 Å². The smallest absolute Gasteiger partial charge is 0.269 e. The number of carbonyl (C=O) groups is 1. The molecule has 1 unspecified atom stereocenters. The molecule has 152 valence electrons. The Hall–Kier alpha value is -3.33. The minimum Gasteiger partial charge on any atom is -0.337 e. The summed E-state index contributed by atoms with van der Waals surface area (Å²) < 4.78 is 6.42. The van der Waals surface area contributed by atoms with Crippen molar-refractivity contribution in [2.45, 2.75) is 18.9 Å². The standard InChI is InChI=1S/C21H17BrN4O4/c22-16-8-6-15(7-9-16)20-23-21(30-24-20)18-2-1-13-25(18)19(27)12-5-14-3-10-17(11-4-14)26(28)29/h3-12,18H,1-2,13H2/b12-5+. The minimum atomic E-state index is -0.458. The maximum absolute atomic E-state index is 12.7. The molecule has 1 aliphatic heterocycles. The first-order valence-corrected chi connectivity index (χ1v) is 10.1. The summed E-state index contributed by atoms with van der Waals surface area (Å²) in [6.45, 7) is 0.601. The molecule has 2 heterocycles. The van der Waals surface area contributed by atoms with Crippen molar-refractivity contribution in [2.24, 2.45) is 0 Å². The van der Waals surface area contributed by atoms with Crippen LogP contribution in [0.25, 0.3) is 17.5 Å². The predicted octanol–water partition coefficient (Wildman–Crippen LogP) is 4.78. The highest BCUT2D eigenvalue weighted by atomic mass is 79.9. The molecule has 30 heavy (non-hydrogen) atoms. The lowest BCUT2D eigenvalue weighted by Gasteiger charge is -2.20. The number of non-ortho nitro benzene ring substituents is 1. The van der Waals surface area contributed by atoms with Crippen molar-refractivity contribution in [3.05, 3.63) is 80.6 Å².